The molecule has 4 rings (SSSR count). The molecule has 0 fully saturated rings. The summed E-state index contributed by atoms with van der Waals surface area (Å²) >= 11 is 18.2. The maximum Gasteiger partial charge on any atom is 0.0917 e. The van der Waals surface area contributed by atoms with Crippen molar-refractivity contribution in [2.24, 2.45) is 0 Å². The number of benzene rings is 2. The summed E-state index contributed by atoms with van der Waals surface area (Å²) in [5.74, 6) is 0. The van der Waals surface area contributed by atoms with Gasteiger partial charge in [-0.25, -0.2) is 0 Å². The fourth-order valence-electron chi connectivity index (χ4n) is 3.70. The van der Waals surface area contributed by atoms with Crippen molar-refractivity contribution in [2.75, 3.05) is 13.1 Å². The Labute approximate surface area is 167 Å². The minimum absolute atomic E-state index is 0.467. The number of nitrogens with one attached hydrogen (secondary N) is 1. The van der Waals surface area contributed by atoms with Crippen LogP contribution in [0.5, 0.6) is 0 Å². The highest BCUT2D eigenvalue weighted by Crippen LogP contribution is 2.31. The summed E-state index contributed by atoms with van der Waals surface area (Å²) in [7, 11) is 0. The molecule has 1 aliphatic rings. The highest BCUT2D eigenvalue weighted by Gasteiger charge is 2.21. The van der Waals surface area contributed by atoms with E-state index in [0.29, 0.717) is 16.6 Å². The Hall–Kier alpha value is -1.23. The molecule has 3 aromatic rings. The molecule has 0 saturated heterocycles. The number of aromatic amines is 1. The Kier molecular flexibility index (Phi) is 5.18. The van der Waals surface area contributed by atoms with Gasteiger partial charge in [0.05, 0.1) is 16.1 Å². The zero-order chi connectivity index (χ0) is 18.3. The van der Waals surface area contributed by atoms with Crippen LogP contribution in [-0.2, 0) is 13.0 Å². The van der Waals surface area contributed by atoms with Crippen LogP contribution in [0.25, 0.3) is 10.9 Å². The summed E-state index contributed by atoms with van der Waals surface area (Å²) in [4.78, 5) is 5.80. The number of aryl methyl sites for hydroxylation is 1. The molecule has 1 unspecified atom stereocenters. The number of hydrogen-bond acceptors (Lipinski definition) is 2. The maximum absolute atomic E-state index is 10.6. The predicted octanol–water partition coefficient (Wildman–Crippen LogP) is 5.61. The number of H-pyrrole nitrogens is 1. The second-order valence-electron chi connectivity index (χ2n) is 6.80. The van der Waals surface area contributed by atoms with Crippen LogP contribution in [0.3, 0.4) is 0 Å². The Balaban J connectivity index is 1.55. The van der Waals surface area contributed by atoms with Crippen LogP contribution in [0, 0.1) is 0 Å². The average Bonchev–Trinajstić information content (AvgIpc) is 2.81. The van der Waals surface area contributed by atoms with Crippen molar-refractivity contribution in [1.82, 2.24) is 9.88 Å². The minimum Gasteiger partial charge on any atom is -0.387 e. The molecule has 6 heteroatoms. The van der Waals surface area contributed by atoms with E-state index in [1.807, 2.05) is 24.3 Å². The SMILES string of the molecule is OC(CN1CCCc2c([nH]c3ccc(Cl)cc23)C1)c1ccc(Cl)c(Cl)c1. The van der Waals surface area contributed by atoms with Gasteiger partial charge in [-0.05, 0) is 60.8 Å². The van der Waals surface area contributed by atoms with Crippen LogP contribution in [-0.4, -0.2) is 28.1 Å². The zero-order valence-corrected chi connectivity index (χ0v) is 16.4. The van der Waals surface area contributed by atoms with Crippen LogP contribution >= 0.6 is 34.8 Å². The molecule has 0 bridgehead atoms. The number of hydrogen-bond donors (Lipinski definition) is 2. The first-order valence-corrected chi connectivity index (χ1v) is 9.79. The first kappa shape index (κ1) is 18.1. The van der Waals surface area contributed by atoms with E-state index in [4.69, 9.17) is 34.8 Å². The summed E-state index contributed by atoms with van der Waals surface area (Å²) in [6, 6.07) is 11.3. The molecule has 0 saturated carbocycles. The van der Waals surface area contributed by atoms with Gasteiger partial charge < -0.3 is 10.1 Å². The van der Waals surface area contributed by atoms with Crippen LogP contribution in [0.2, 0.25) is 15.1 Å². The van der Waals surface area contributed by atoms with Crippen LogP contribution < -0.4 is 0 Å². The molecule has 1 aromatic heterocycles. The van der Waals surface area contributed by atoms with E-state index < -0.39 is 6.10 Å². The Bertz CT molecular complexity index is 954. The van der Waals surface area contributed by atoms with Crippen molar-refractivity contribution in [3.05, 3.63) is 68.3 Å². The zero-order valence-electron chi connectivity index (χ0n) is 14.1. The van der Waals surface area contributed by atoms with Crippen LogP contribution in [0.15, 0.2) is 36.4 Å². The maximum atomic E-state index is 10.6. The van der Waals surface area contributed by atoms with Crippen LogP contribution in [0.4, 0.5) is 0 Å². The number of nitrogens with zero attached hydrogens (tertiary/aromatic N) is 1. The number of aromatic nitrogens is 1. The summed E-state index contributed by atoms with van der Waals surface area (Å²) < 4.78 is 0. The monoisotopic (exact) mass is 408 g/mol. The summed E-state index contributed by atoms with van der Waals surface area (Å²) in [5, 5.41) is 13.6. The van der Waals surface area contributed by atoms with Gasteiger partial charge in [0.25, 0.3) is 0 Å². The van der Waals surface area contributed by atoms with Crippen LogP contribution in [0.1, 0.15) is 29.3 Å². The standard InChI is InChI=1S/C20H19Cl3N2O/c21-13-4-6-18-15(9-13)14-2-1-7-25(10-19(14)24-18)11-20(26)12-3-5-16(22)17(23)8-12/h3-6,8-9,20,24,26H,1-2,7,10-11H2. The molecule has 1 aliphatic heterocycles. The van der Waals surface area contributed by atoms with Gasteiger partial charge in [-0.1, -0.05) is 40.9 Å². The van der Waals surface area contributed by atoms with Gasteiger partial charge in [0.1, 0.15) is 0 Å². The van der Waals surface area contributed by atoms with E-state index in [-0.39, 0.29) is 0 Å². The van der Waals surface area contributed by atoms with Gasteiger partial charge >= 0.3 is 0 Å². The Morgan fingerprint density at radius 1 is 1.08 bits per heavy atom. The predicted molar refractivity (Wildman–Crippen MR) is 108 cm³/mol. The van der Waals surface area contributed by atoms with Crippen molar-refractivity contribution >= 4 is 45.7 Å². The summed E-state index contributed by atoms with van der Waals surface area (Å²) in [6.45, 7) is 2.26. The van der Waals surface area contributed by atoms with Gasteiger partial charge in [-0.3, -0.25) is 4.90 Å². The number of aliphatic hydroxyl groups is 1. The number of β-amino-alcohol motifs (C(OH)–C–C–N with tert-alkyl or cyclic N) is 1. The second kappa shape index (κ2) is 7.41. The third-order valence-corrected chi connectivity index (χ3v) is 5.97. The average molecular weight is 410 g/mol. The molecule has 0 aliphatic carbocycles. The molecule has 3 nitrogen and oxygen atoms in total. The van der Waals surface area contributed by atoms with Gasteiger partial charge in [0.15, 0.2) is 0 Å². The molecule has 0 amide bonds. The molecule has 2 N–H and O–H groups in total. The van der Waals surface area contributed by atoms with E-state index >= 15 is 0 Å². The lowest BCUT2D eigenvalue weighted by atomic mass is 10.1. The first-order chi connectivity index (χ1) is 12.5. The van der Waals surface area contributed by atoms with Gasteiger partial charge in [0, 0.05) is 34.7 Å². The number of halogens is 3. The lowest BCUT2D eigenvalue weighted by Gasteiger charge is -2.23. The van der Waals surface area contributed by atoms with Gasteiger partial charge in [0.2, 0.25) is 0 Å². The van der Waals surface area contributed by atoms with E-state index in [1.165, 1.54) is 16.6 Å². The van der Waals surface area contributed by atoms with E-state index in [0.717, 1.165) is 42.0 Å². The highest BCUT2D eigenvalue weighted by atomic mass is 35.5. The van der Waals surface area contributed by atoms with Gasteiger partial charge in [-0.2, -0.15) is 0 Å². The second-order valence-corrected chi connectivity index (χ2v) is 8.05. The number of aliphatic hydroxyl groups excluding tert-OH is 1. The fraction of sp³-hybridized carbons (Fsp3) is 0.300. The van der Waals surface area contributed by atoms with E-state index in [1.54, 1.807) is 12.1 Å². The third-order valence-electron chi connectivity index (χ3n) is 5.00. The van der Waals surface area contributed by atoms with Crippen molar-refractivity contribution in [2.45, 2.75) is 25.5 Å². The lowest BCUT2D eigenvalue weighted by molar-refractivity contribution is 0.109. The molecule has 1 atom stereocenters. The van der Waals surface area contributed by atoms with Crippen molar-refractivity contribution in [3.8, 4) is 0 Å². The summed E-state index contributed by atoms with van der Waals surface area (Å²) in [5.41, 5.74) is 4.45. The minimum atomic E-state index is -0.606. The largest absolute Gasteiger partial charge is 0.387 e. The fourth-order valence-corrected chi connectivity index (χ4v) is 4.18. The highest BCUT2D eigenvalue weighted by molar-refractivity contribution is 6.42. The molecule has 0 spiro atoms. The van der Waals surface area contributed by atoms with Crippen molar-refractivity contribution in [3.63, 3.8) is 0 Å². The molecule has 26 heavy (non-hydrogen) atoms. The normalized spacial score (nSPS) is 16.5. The molecule has 2 aromatic carbocycles. The molecule has 2 heterocycles. The molecule has 136 valence electrons. The molecular formula is C20H19Cl3N2O. The molecule has 0 radical (unpaired) electrons. The number of fused-ring (bicyclic) bond motifs is 3. The van der Waals surface area contributed by atoms with E-state index in [2.05, 4.69) is 9.88 Å². The topological polar surface area (TPSA) is 39.3 Å². The van der Waals surface area contributed by atoms with Crippen molar-refractivity contribution < 1.29 is 5.11 Å². The number of rotatable bonds is 3. The molecular weight excluding hydrogens is 391 g/mol. The quantitative estimate of drug-likeness (QED) is 0.590. The smallest absolute Gasteiger partial charge is 0.0917 e. The Morgan fingerprint density at radius 2 is 1.92 bits per heavy atom. The third kappa shape index (κ3) is 3.60. The lowest BCUT2D eigenvalue weighted by Crippen LogP contribution is -2.28. The summed E-state index contributed by atoms with van der Waals surface area (Å²) in [6.07, 6.45) is 1.44. The van der Waals surface area contributed by atoms with E-state index in [9.17, 15) is 5.11 Å². The first-order valence-electron chi connectivity index (χ1n) is 8.65. The van der Waals surface area contributed by atoms with Gasteiger partial charge in [-0.15, -0.1) is 0 Å². The van der Waals surface area contributed by atoms with Crippen molar-refractivity contribution in [1.29, 1.82) is 0 Å². The Morgan fingerprint density at radius 3 is 2.73 bits per heavy atom.